The normalized spacial score (nSPS) is 13.2. The molecule has 0 unspecified atom stereocenters. The van der Waals surface area contributed by atoms with Crippen LogP contribution in [0.2, 0.25) is 0 Å². The zero-order valence-corrected chi connectivity index (χ0v) is 15.8. The summed E-state index contributed by atoms with van der Waals surface area (Å²) in [5.41, 5.74) is 2.98. The van der Waals surface area contributed by atoms with Crippen LogP contribution in [0.1, 0.15) is 26.4 Å². The number of hydrogen-bond donors (Lipinski definition) is 0. The molecule has 5 rings (SSSR count). The number of imide groups is 1. The number of nitrogens with zero attached hydrogens (tertiary/aromatic N) is 4. The Morgan fingerprint density at radius 2 is 1.66 bits per heavy atom. The summed E-state index contributed by atoms with van der Waals surface area (Å²) < 4.78 is 7.09. The number of anilines is 1. The Labute approximate surface area is 166 Å². The molecule has 2 amide bonds. The van der Waals surface area contributed by atoms with Gasteiger partial charge in [-0.2, -0.15) is 5.10 Å². The molecule has 0 bridgehead atoms. The predicted octanol–water partition coefficient (Wildman–Crippen LogP) is 3.54. The van der Waals surface area contributed by atoms with Crippen LogP contribution >= 0.6 is 0 Å². The standard InChI is InChI=1S/C22H16N4O3/c1-13-18-19-15(21(27)25(22(19)28)14-8-4-3-5-9-14)12-23-20(18)26(24-13)16-10-6-7-11-17(16)29-2/h3-12H,1-2H3. The van der Waals surface area contributed by atoms with Gasteiger partial charge in [-0.3, -0.25) is 9.59 Å². The summed E-state index contributed by atoms with van der Waals surface area (Å²) in [6.45, 7) is 1.80. The number of amides is 2. The second-order valence-corrected chi connectivity index (χ2v) is 6.70. The molecule has 142 valence electrons. The third kappa shape index (κ3) is 2.37. The summed E-state index contributed by atoms with van der Waals surface area (Å²) in [5, 5.41) is 5.17. The van der Waals surface area contributed by atoms with Gasteiger partial charge in [-0.1, -0.05) is 30.3 Å². The lowest BCUT2D eigenvalue weighted by atomic mass is 10.1. The molecule has 1 aliphatic rings. The Morgan fingerprint density at radius 1 is 0.931 bits per heavy atom. The van der Waals surface area contributed by atoms with Crippen molar-refractivity contribution >= 4 is 28.5 Å². The van der Waals surface area contributed by atoms with Gasteiger partial charge >= 0.3 is 0 Å². The first kappa shape index (κ1) is 17.1. The van der Waals surface area contributed by atoms with Crippen LogP contribution in [0.4, 0.5) is 5.69 Å². The van der Waals surface area contributed by atoms with Gasteiger partial charge < -0.3 is 4.74 Å². The molecule has 3 heterocycles. The van der Waals surface area contributed by atoms with E-state index in [-0.39, 0.29) is 17.4 Å². The van der Waals surface area contributed by atoms with Crippen LogP contribution in [0, 0.1) is 6.92 Å². The maximum atomic E-state index is 13.3. The first-order chi connectivity index (χ1) is 14.1. The van der Waals surface area contributed by atoms with Gasteiger partial charge in [0.1, 0.15) is 11.4 Å². The number of rotatable bonds is 3. The van der Waals surface area contributed by atoms with Crippen LogP contribution in [0.3, 0.4) is 0 Å². The number of aromatic nitrogens is 3. The van der Waals surface area contributed by atoms with Crippen LogP contribution < -0.4 is 9.64 Å². The molecule has 0 N–H and O–H groups in total. The average Bonchev–Trinajstić information content (AvgIpc) is 3.22. The smallest absolute Gasteiger partial charge is 0.267 e. The molecule has 2 aromatic carbocycles. The van der Waals surface area contributed by atoms with E-state index in [2.05, 4.69) is 10.1 Å². The summed E-state index contributed by atoms with van der Waals surface area (Å²) >= 11 is 0. The number of carbonyl (C=O) groups excluding carboxylic acids is 2. The van der Waals surface area contributed by atoms with Crippen LogP contribution in [0.5, 0.6) is 5.75 Å². The largest absolute Gasteiger partial charge is 0.494 e. The lowest BCUT2D eigenvalue weighted by Crippen LogP contribution is -2.29. The molecule has 0 radical (unpaired) electrons. The highest BCUT2D eigenvalue weighted by Crippen LogP contribution is 2.35. The second-order valence-electron chi connectivity index (χ2n) is 6.70. The summed E-state index contributed by atoms with van der Waals surface area (Å²) in [6.07, 6.45) is 1.45. The third-order valence-corrected chi connectivity index (χ3v) is 5.05. The maximum Gasteiger partial charge on any atom is 0.267 e. The van der Waals surface area contributed by atoms with Crippen LogP contribution in [0.25, 0.3) is 16.7 Å². The summed E-state index contributed by atoms with van der Waals surface area (Å²) in [4.78, 5) is 31.9. The van der Waals surface area contributed by atoms with Crippen molar-refractivity contribution in [1.29, 1.82) is 0 Å². The fourth-order valence-corrected chi connectivity index (χ4v) is 3.74. The van der Waals surface area contributed by atoms with Crippen LogP contribution in [-0.4, -0.2) is 33.7 Å². The summed E-state index contributed by atoms with van der Waals surface area (Å²) in [5.74, 6) is -0.117. The molecule has 0 saturated carbocycles. The van der Waals surface area contributed by atoms with Gasteiger partial charge in [0, 0.05) is 6.20 Å². The van der Waals surface area contributed by atoms with Crippen molar-refractivity contribution in [2.45, 2.75) is 6.92 Å². The van der Waals surface area contributed by atoms with E-state index in [1.165, 1.54) is 11.1 Å². The maximum absolute atomic E-state index is 13.3. The first-order valence-corrected chi connectivity index (χ1v) is 9.07. The SMILES string of the molecule is COc1ccccc1-n1nc(C)c2c3c(cnc21)C(=O)N(c1ccccc1)C3=O. The Kier molecular flexibility index (Phi) is 3.70. The molecule has 0 spiro atoms. The predicted molar refractivity (Wildman–Crippen MR) is 108 cm³/mol. The Hall–Kier alpha value is -4.00. The molecule has 0 saturated heterocycles. The minimum atomic E-state index is -0.380. The monoisotopic (exact) mass is 384 g/mol. The average molecular weight is 384 g/mol. The van der Waals surface area contributed by atoms with E-state index in [0.717, 1.165) is 0 Å². The number of hydrogen-bond acceptors (Lipinski definition) is 5. The van der Waals surface area contributed by atoms with Gasteiger partial charge in [-0.05, 0) is 31.2 Å². The molecular formula is C22H16N4O3. The van der Waals surface area contributed by atoms with Crippen molar-refractivity contribution in [3.63, 3.8) is 0 Å². The van der Waals surface area contributed by atoms with Gasteiger partial charge in [0.25, 0.3) is 11.8 Å². The van der Waals surface area contributed by atoms with E-state index in [9.17, 15) is 9.59 Å². The fraction of sp³-hybridized carbons (Fsp3) is 0.0909. The van der Waals surface area contributed by atoms with Crippen molar-refractivity contribution in [1.82, 2.24) is 14.8 Å². The van der Waals surface area contributed by atoms with E-state index < -0.39 is 0 Å². The lowest BCUT2D eigenvalue weighted by Gasteiger charge is -2.13. The Morgan fingerprint density at radius 3 is 2.41 bits per heavy atom. The quantitative estimate of drug-likeness (QED) is 0.505. The van der Waals surface area contributed by atoms with E-state index in [1.807, 2.05) is 30.3 Å². The minimum absolute atomic E-state index is 0.286. The van der Waals surface area contributed by atoms with Gasteiger partial charge in [0.05, 0.1) is 35.0 Å². The molecule has 1 aliphatic heterocycles. The van der Waals surface area contributed by atoms with Crippen molar-refractivity contribution < 1.29 is 14.3 Å². The first-order valence-electron chi connectivity index (χ1n) is 9.07. The molecule has 7 nitrogen and oxygen atoms in total. The minimum Gasteiger partial charge on any atom is -0.494 e. The number of pyridine rings is 1. The number of para-hydroxylation sites is 3. The Bertz CT molecular complexity index is 1290. The lowest BCUT2D eigenvalue weighted by molar-refractivity contribution is 0.0926. The second kappa shape index (κ2) is 6.27. The highest BCUT2D eigenvalue weighted by molar-refractivity contribution is 6.37. The number of ether oxygens (including phenoxy) is 1. The molecular weight excluding hydrogens is 368 g/mol. The van der Waals surface area contributed by atoms with E-state index in [4.69, 9.17) is 4.74 Å². The molecule has 29 heavy (non-hydrogen) atoms. The summed E-state index contributed by atoms with van der Waals surface area (Å²) in [6, 6.07) is 16.3. The van der Waals surface area contributed by atoms with Crippen molar-refractivity contribution in [3.05, 3.63) is 77.6 Å². The third-order valence-electron chi connectivity index (χ3n) is 5.05. The van der Waals surface area contributed by atoms with Gasteiger partial charge in [-0.15, -0.1) is 0 Å². The van der Waals surface area contributed by atoms with Gasteiger partial charge in [0.15, 0.2) is 5.65 Å². The molecule has 4 aromatic rings. The zero-order chi connectivity index (χ0) is 20.1. The van der Waals surface area contributed by atoms with Gasteiger partial charge in [0.2, 0.25) is 0 Å². The number of carbonyl (C=O) groups is 2. The summed E-state index contributed by atoms with van der Waals surface area (Å²) in [7, 11) is 1.59. The zero-order valence-electron chi connectivity index (χ0n) is 15.8. The molecule has 0 fully saturated rings. The topological polar surface area (TPSA) is 77.3 Å². The van der Waals surface area contributed by atoms with E-state index in [1.54, 1.807) is 43.0 Å². The molecule has 2 aromatic heterocycles. The van der Waals surface area contributed by atoms with Crippen molar-refractivity contribution in [2.24, 2.45) is 0 Å². The van der Waals surface area contributed by atoms with Crippen LogP contribution in [-0.2, 0) is 0 Å². The van der Waals surface area contributed by atoms with Crippen LogP contribution in [0.15, 0.2) is 60.8 Å². The molecule has 7 heteroatoms. The fourth-order valence-electron chi connectivity index (χ4n) is 3.74. The van der Waals surface area contributed by atoms with E-state index in [0.29, 0.717) is 39.4 Å². The molecule has 0 aliphatic carbocycles. The highest BCUT2D eigenvalue weighted by atomic mass is 16.5. The Balaban J connectivity index is 1.75. The van der Waals surface area contributed by atoms with Gasteiger partial charge in [-0.25, -0.2) is 14.6 Å². The number of fused-ring (bicyclic) bond motifs is 3. The number of methoxy groups -OCH3 is 1. The number of benzene rings is 2. The number of aryl methyl sites for hydroxylation is 1. The van der Waals surface area contributed by atoms with E-state index >= 15 is 0 Å². The van der Waals surface area contributed by atoms with Crippen molar-refractivity contribution in [2.75, 3.05) is 12.0 Å². The highest BCUT2D eigenvalue weighted by Gasteiger charge is 2.40. The van der Waals surface area contributed by atoms with Crippen molar-refractivity contribution in [3.8, 4) is 11.4 Å². The molecule has 0 atom stereocenters.